The first kappa shape index (κ1) is 20.4. The van der Waals surface area contributed by atoms with Crippen molar-refractivity contribution in [3.63, 3.8) is 0 Å². The number of carbonyl (C=O) groups is 3. The number of benzene rings is 1. The number of pyridine rings is 1. The lowest BCUT2D eigenvalue weighted by atomic mass is 10.2. The molecule has 2 rings (SSSR count). The molecule has 0 atom stereocenters. The molecule has 2 aromatic rings. The second kappa shape index (κ2) is 9.68. The molecule has 8 heteroatoms. The van der Waals surface area contributed by atoms with Gasteiger partial charge in [-0.1, -0.05) is 17.7 Å². The third-order valence-electron chi connectivity index (χ3n) is 3.79. The Morgan fingerprint density at radius 1 is 1.22 bits per heavy atom. The van der Waals surface area contributed by atoms with Crippen LogP contribution >= 0.6 is 11.6 Å². The zero-order valence-corrected chi connectivity index (χ0v) is 15.8. The highest BCUT2D eigenvalue weighted by atomic mass is 35.5. The lowest BCUT2D eigenvalue weighted by molar-refractivity contribution is -0.130. The van der Waals surface area contributed by atoms with Crippen molar-refractivity contribution in [1.29, 1.82) is 0 Å². The van der Waals surface area contributed by atoms with Gasteiger partial charge in [-0.3, -0.25) is 14.6 Å². The van der Waals surface area contributed by atoms with Crippen LogP contribution in [-0.4, -0.2) is 41.3 Å². The Labute approximate surface area is 162 Å². The van der Waals surface area contributed by atoms with Crippen LogP contribution in [0.2, 0.25) is 5.02 Å². The number of carbonyl (C=O) groups excluding carboxylic acids is 3. The molecule has 0 spiro atoms. The second-order valence-corrected chi connectivity index (χ2v) is 6.15. The fraction of sp³-hybridized carbons (Fsp3) is 0.263. The molecular formula is C19H20ClN3O4. The van der Waals surface area contributed by atoms with Crippen molar-refractivity contribution >= 4 is 35.1 Å². The average Bonchev–Trinajstić information content (AvgIpc) is 2.66. The summed E-state index contributed by atoms with van der Waals surface area (Å²) in [6.45, 7) is 1.99. The summed E-state index contributed by atoms with van der Waals surface area (Å²) in [6, 6.07) is 9.90. The van der Waals surface area contributed by atoms with Gasteiger partial charge < -0.3 is 15.0 Å². The summed E-state index contributed by atoms with van der Waals surface area (Å²) in [4.78, 5) is 41.4. The molecule has 1 aromatic heterocycles. The molecule has 0 saturated heterocycles. The number of hydrogen-bond donors (Lipinski definition) is 1. The lowest BCUT2D eigenvalue weighted by Gasteiger charge is -2.20. The van der Waals surface area contributed by atoms with E-state index < -0.39 is 5.97 Å². The molecule has 0 bridgehead atoms. The maximum atomic E-state index is 12.3. The number of hydrogen-bond acceptors (Lipinski definition) is 5. The molecule has 0 aliphatic rings. The highest BCUT2D eigenvalue weighted by Crippen LogP contribution is 2.23. The Kier molecular flexibility index (Phi) is 7.31. The summed E-state index contributed by atoms with van der Waals surface area (Å²) in [5, 5.41) is 2.95. The van der Waals surface area contributed by atoms with Crippen LogP contribution < -0.4 is 5.32 Å². The Balaban J connectivity index is 1.98. The van der Waals surface area contributed by atoms with E-state index in [0.717, 1.165) is 5.69 Å². The number of aromatic nitrogens is 1. The third kappa shape index (κ3) is 6.07. The Morgan fingerprint density at radius 2 is 2.00 bits per heavy atom. The fourth-order valence-electron chi connectivity index (χ4n) is 2.35. The fourth-order valence-corrected chi connectivity index (χ4v) is 2.51. The maximum absolute atomic E-state index is 12.3. The van der Waals surface area contributed by atoms with Gasteiger partial charge in [0.15, 0.2) is 0 Å². The summed E-state index contributed by atoms with van der Waals surface area (Å²) < 4.78 is 4.65. The van der Waals surface area contributed by atoms with Gasteiger partial charge in [0.2, 0.25) is 11.8 Å². The molecule has 0 aliphatic heterocycles. The van der Waals surface area contributed by atoms with Gasteiger partial charge in [-0.25, -0.2) is 4.79 Å². The number of amides is 2. The number of ether oxygens (including phenoxy) is 1. The van der Waals surface area contributed by atoms with Crippen molar-refractivity contribution in [2.24, 2.45) is 0 Å². The Bertz CT molecular complexity index is 827. The monoisotopic (exact) mass is 389 g/mol. The number of anilines is 1. The first-order chi connectivity index (χ1) is 12.9. The van der Waals surface area contributed by atoms with Crippen LogP contribution in [0.1, 0.15) is 29.4 Å². The second-order valence-electron chi connectivity index (χ2n) is 5.75. The summed E-state index contributed by atoms with van der Waals surface area (Å²) in [7, 11) is 1.27. The molecule has 1 N–H and O–H groups in total. The predicted octanol–water partition coefficient (Wildman–Crippen LogP) is 2.90. The smallest absolute Gasteiger partial charge is 0.337 e. The molecule has 0 unspecified atom stereocenters. The maximum Gasteiger partial charge on any atom is 0.337 e. The summed E-state index contributed by atoms with van der Waals surface area (Å²) >= 11 is 6.07. The molecule has 0 fully saturated rings. The van der Waals surface area contributed by atoms with Gasteiger partial charge >= 0.3 is 5.97 Å². The number of nitrogens with zero attached hydrogens (tertiary/aromatic N) is 2. The van der Waals surface area contributed by atoms with E-state index in [1.54, 1.807) is 12.3 Å². The molecule has 0 aliphatic carbocycles. The number of rotatable bonds is 7. The molecule has 142 valence electrons. The van der Waals surface area contributed by atoms with E-state index in [9.17, 15) is 14.4 Å². The molecule has 1 heterocycles. The largest absolute Gasteiger partial charge is 0.465 e. The van der Waals surface area contributed by atoms with Crippen molar-refractivity contribution in [1.82, 2.24) is 9.88 Å². The van der Waals surface area contributed by atoms with Gasteiger partial charge in [0.1, 0.15) is 0 Å². The molecule has 27 heavy (non-hydrogen) atoms. The predicted molar refractivity (Wildman–Crippen MR) is 101 cm³/mol. The number of nitrogens with one attached hydrogen (secondary N) is 1. The minimum Gasteiger partial charge on any atom is -0.465 e. The van der Waals surface area contributed by atoms with Crippen LogP contribution in [0.3, 0.4) is 0 Å². The highest BCUT2D eigenvalue weighted by molar-refractivity contribution is 6.33. The average molecular weight is 390 g/mol. The molecule has 2 amide bonds. The van der Waals surface area contributed by atoms with Crippen LogP contribution in [0.25, 0.3) is 0 Å². The van der Waals surface area contributed by atoms with E-state index in [4.69, 9.17) is 11.6 Å². The quantitative estimate of drug-likeness (QED) is 0.735. The number of esters is 1. The van der Waals surface area contributed by atoms with E-state index >= 15 is 0 Å². The Hall–Kier alpha value is -2.93. The molecule has 0 saturated carbocycles. The highest BCUT2D eigenvalue weighted by Gasteiger charge is 2.14. The molecule has 1 aromatic carbocycles. The van der Waals surface area contributed by atoms with Crippen LogP contribution in [0.15, 0.2) is 42.6 Å². The number of methoxy groups -OCH3 is 1. The van der Waals surface area contributed by atoms with Gasteiger partial charge in [-0.2, -0.15) is 0 Å². The summed E-state index contributed by atoms with van der Waals surface area (Å²) in [6.07, 6.45) is 1.72. The standard InChI is InChI=1S/C19H20ClN3O4/c1-13(24)23(12-15-5-3-4-9-21-15)10-8-18(25)22-17-11-14(19(26)27-2)6-7-16(17)20/h3-7,9,11H,8,10,12H2,1-2H3,(H,22,25). The van der Waals surface area contributed by atoms with E-state index in [1.165, 1.54) is 37.1 Å². The Morgan fingerprint density at radius 3 is 2.63 bits per heavy atom. The van der Waals surface area contributed by atoms with Crippen molar-refractivity contribution in [3.05, 3.63) is 58.9 Å². The molecule has 0 radical (unpaired) electrons. The van der Waals surface area contributed by atoms with E-state index in [1.807, 2.05) is 12.1 Å². The van der Waals surface area contributed by atoms with Crippen molar-refractivity contribution in [2.45, 2.75) is 19.9 Å². The molecule has 7 nitrogen and oxygen atoms in total. The van der Waals surface area contributed by atoms with Crippen LogP contribution in [0.5, 0.6) is 0 Å². The van der Waals surface area contributed by atoms with Crippen LogP contribution in [0, 0.1) is 0 Å². The normalized spacial score (nSPS) is 10.2. The van der Waals surface area contributed by atoms with Crippen molar-refractivity contribution < 1.29 is 19.1 Å². The molecular weight excluding hydrogens is 370 g/mol. The lowest BCUT2D eigenvalue weighted by Crippen LogP contribution is -2.31. The van der Waals surface area contributed by atoms with Crippen LogP contribution in [-0.2, 0) is 20.9 Å². The van der Waals surface area contributed by atoms with E-state index in [2.05, 4.69) is 15.0 Å². The van der Waals surface area contributed by atoms with Gasteiger partial charge in [-0.05, 0) is 30.3 Å². The minimum atomic E-state index is -0.528. The third-order valence-corrected chi connectivity index (χ3v) is 4.12. The van der Waals surface area contributed by atoms with Gasteiger partial charge in [0.25, 0.3) is 0 Å². The topological polar surface area (TPSA) is 88.6 Å². The number of halogens is 1. The zero-order chi connectivity index (χ0) is 19.8. The SMILES string of the molecule is COC(=O)c1ccc(Cl)c(NC(=O)CCN(Cc2ccccn2)C(C)=O)c1. The van der Waals surface area contributed by atoms with Crippen molar-refractivity contribution in [2.75, 3.05) is 19.0 Å². The summed E-state index contributed by atoms with van der Waals surface area (Å²) in [5.74, 6) is -1.01. The van der Waals surface area contributed by atoms with Crippen molar-refractivity contribution in [3.8, 4) is 0 Å². The van der Waals surface area contributed by atoms with E-state index in [-0.39, 0.29) is 30.3 Å². The zero-order valence-electron chi connectivity index (χ0n) is 15.1. The van der Waals surface area contributed by atoms with Gasteiger partial charge in [0, 0.05) is 26.1 Å². The summed E-state index contributed by atoms with van der Waals surface area (Å²) in [5.41, 5.74) is 1.32. The van der Waals surface area contributed by atoms with Gasteiger partial charge in [0.05, 0.1) is 35.6 Å². The van der Waals surface area contributed by atoms with E-state index in [0.29, 0.717) is 17.3 Å². The first-order valence-corrected chi connectivity index (χ1v) is 8.61. The first-order valence-electron chi connectivity index (χ1n) is 8.24. The van der Waals surface area contributed by atoms with Gasteiger partial charge in [-0.15, -0.1) is 0 Å². The van der Waals surface area contributed by atoms with Crippen LogP contribution in [0.4, 0.5) is 5.69 Å². The minimum absolute atomic E-state index is 0.0746.